The molecule has 1 amide bonds. The van der Waals surface area contributed by atoms with Gasteiger partial charge in [0.05, 0.1) is 24.6 Å². The first-order valence-electron chi connectivity index (χ1n) is 8.26. The molecular formula is C19H17N3O5S2. The molecule has 1 heterocycles. The molecule has 0 unspecified atom stereocenters. The lowest BCUT2D eigenvalue weighted by Crippen LogP contribution is -2.21. The molecule has 3 N–H and O–H groups in total. The van der Waals surface area contributed by atoms with Gasteiger partial charge >= 0.3 is 0 Å². The Morgan fingerprint density at radius 2 is 1.97 bits per heavy atom. The minimum absolute atomic E-state index is 0.0592. The molecule has 2 aromatic carbocycles. The molecular weight excluding hydrogens is 414 g/mol. The number of anilines is 1. The van der Waals surface area contributed by atoms with E-state index in [4.69, 9.17) is 4.74 Å². The van der Waals surface area contributed by atoms with Gasteiger partial charge in [0, 0.05) is 0 Å². The van der Waals surface area contributed by atoms with E-state index in [-0.39, 0.29) is 21.2 Å². The van der Waals surface area contributed by atoms with Crippen LogP contribution in [0.5, 0.6) is 11.5 Å². The van der Waals surface area contributed by atoms with E-state index in [0.717, 1.165) is 11.3 Å². The topological polar surface area (TPSA) is 117 Å². The Morgan fingerprint density at radius 1 is 1.17 bits per heavy atom. The van der Waals surface area contributed by atoms with Gasteiger partial charge in [-0.05, 0) is 47.3 Å². The predicted molar refractivity (Wildman–Crippen MR) is 111 cm³/mol. The van der Waals surface area contributed by atoms with Crippen molar-refractivity contribution in [2.24, 2.45) is 5.10 Å². The Balaban J connectivity index is 1.74. The van der Waals surface area contributed by atoms with Crippen molar-refractivity contribution >= 4 is 39.2 Å². The minimum Gasteiger partial charge on any atom is -0.504 e. The summed E-state index contributed by atoms with van der Waals surface area (Å²) in [6, 6.07) is 14.0. The molecule has 0 atom stereocenters. The summed E-state index contributed by atoms with van der Waals surface area (Å²) in [5, 5.41) is 15.3. The van der Waals surface area contributed by atoms with Gasteiger partial charge in [-0.3, -0.25) is 9.52 Å². The number of ether oxygens (including phenoxy) is 1. The minimum atomic E-state index is -3.79. The van der Waals surface area contributed by atoms with Crippen molar-refractivity contribution in [2.75, 3.05) is 11.8 Å². The van der Waals surface area contributed by atoms with Crippen LogP contribution < -0.4 is 14.9 Å². The van der Waals surface area contributed by atoms with Crippen LogP contribution in [0.3, 0.4) is 0 Å². The molecule has 0 spiro atoms. The molecule has 0 aliphatic heterocycles. The number of phenolic OH excluding ortho intramolecular Hbond substituents is 1. The Kier molecular flexibility index (Phi) is 6.15. The van der Waals surface area contributed by atoms with Gasteiger partial charge < -0.3 is 9.84 Å². The van der Waals surface area contributed by atoms with Crippen molar-refractivity contribution in [1.82, 2.24) is 5.43 Å². The maximum absolute atomic E-state index is 12.5. The highest BCUT2D eigenvalue weighted by atomic mass is 32.2. The number of nitrogens with zero attached hydrogens (tertiary/aromatic N) is 1. The van der Waals surface area contributed by atoms with Crippen molar-refractivity contribution in [3.05, 3.63) is 71.1 Å². The number of methoxy groups -OCH3 is 1. The Hall–Kier alpha value is -3.37. The van der Waals surface area contributed by atoms with Gasteiger partial charge in [0.2, 0.25) is 0 Å². The van der Waals surface area contributed by atoms with Crippen LogP contribution in [0.25, 0.3) is 0 Å². The van der Waals surface area contributed by atoms with Crippen LogP contribution in [-0.2, 0) is 10.0 Å². The molecule has 29 heavy (non-hydrogen) atoms. The zero-order valence-electron chi connectivity index (χ0n) is 15.2. The quantitative estimate of drug-likeness (QED) is 0.393. The number of carbonyl (C=O) groups excluding carboxylic acids is 1. The van der Waals surface area contributed by atoms with Crippen molar-refractivity contribution in [3.63, 3.8) is 0 Å². The number of rotatable bonds is 7. The fourth-order valence-electron chi connectivity index (χ4n) is 2.39. The number of phenols is 1. The monoisotopic (exact) mass is 431 g/mol. The van der Waals surface area contributed by atoms with Crippen LogP contribution in [0.2, 0.25) is 0 Å². The zero-order valence-corrected chi connectivity index (χ0v) is 16.8. The first-order valence-corrected chi connectivity index (χ1v) is 10.6. The van der Waals surface area contributed by atoms with E-state index in [1.807, 2.05) is 0 Å². The third-order valence-electron chi connectivity index (χ3n) is 3.76. The van der Waals surface area contributed by atoms with E-state index in [2.05, 4.69) is 15.2 Å². The second-order valence-corrected chi connectivity index (χ2v) is 8.57. The second-order valence-electron chi connectivity index (χ2n) is 5.71. The molecule has 0 aliphatic carbocycles. The summed E-state index contributed by atoms with van der Waals surface area (Å²) in [4.78, 5) is 12.5. The normalized spacial score (nSPS) is 11.3. The van der Waals surface area contributed by atoms with Crippen LogP contribution in [0.4, 0.5) is 5.69 Å². The van der Waals surface area contributed by atoms with Gasteiger partial charge in [-0.1, -0.05) is 18.2 Å². The van der Waals surface area contributed by atoms with Crippen LogP contribution in [0.15, 0.2) is 69.3 Å². The fraction of sp³-hybridized carbons (Fsp3) is 0.0526. The van der Waals surface area contributed by atoms with Crippen molar-refractivity contribution in [2.45, 2.75) is 4.21 Å². The van der Waals surface area contributed by atoms with E-state index in [0.29, 0.717) is 11.3 Å². The van der Waals surface area contributed by atoms with E-state index in [1.54, 1.807) is 35.7 Å². The summed E-state index contributed by atoms with van der Waals surface area (Å²) in [6.07, 6.45) is 1.34. The van der Waals surface area contributed by atoms with Crippen molar-refractivity contribution in [3.8, 4) is 11.5 Å². The zero-order chi connectivity index (χ0) is 20.9. The van der Waals surface area contributed by atoms with Crippen LogP contribution in [0.1, 0.15) is 15.9 Å². The average Bonchev–Trinajstić information content (AvgIpc) is 3.24. The second kappa shape index (κ2) is 8.76. The smallest absolute Gasteiger partial charge is 0.273 e. The fourth-order valence-corrected chi connectivity index (χ4v) is 4.47. The third-order valence-corrected chi connectivity index (χ3v) is 6.52. The highest BCUT2D eigenvalue weighted by Crippen LogP contribution is 2.25. The largest absolute Gasteiger partial charge is 0.504 e. The van der Waals surface area contributed by atoms with Gasteiger partial charge in [0.1, 0.15) is 4.21 Å². The molecule has 0 bridgehead atoms. The number of aromatic hydroxyl groups is 1. The number of hydrogen-bond acceptors (Lipinski definition) is 7. The Morgan fingerprint density at radius 3 is 2.66 bits per heavy atom. The molecule has 3 aromatic rings. The highest BCUT2D eigenvalue weighted by Gasteiger charge is 2.19. The molecule has 1 aromatic heterocycles. The molecule has 0 saturated heterocycles. The third kappa shape index (κ3) is 4.92. The lowest BCUT2D eigenvalue weighted by Gasteiger charge is -2.10. The number of nitrogens with one attached hydrogen (secondary N) is 2. The predicted octanol–water partition coefficient (Wildman–Crippen LogP) is 3.03. The lowest BCUT2D eigenvalue weighted by atomic mass is 10.2. The highest BCUT2D eigenvalue weighted by molar-refractivity contribution is 7.94. The van der Waals surface area contributed by atoms with E-state index >= 15 is 0 Å². The first-order chi connectivity index (χ1) is 13.9. The Bertz CT molecular complexity index is 1140. The number of thiophene rings is 1. The number of para-hydroxylation sites is 1. The summed E-state index contributed by atoms with van der Waals surface area (Å²) in [6.45, 7) is 0. The van der Waals surface area contributed by atoms with Gasteiger partial charge in [0.25, 0.3) is 15.9 Å². The number of hydrazone groups is 1. The van der Waals surface area contributed by atoms with E-state index in [9.17, 15) is 18.3 Å². The molecule has 0 saturated carbocycles. The van der Waals surface area contributed by atoms with Gasteiger partial charge in [-0.15, -0.1) is 11.3 Å². The molecule has 0 aliphatic rings. The van der Waals surface area contributed by atoms with Gasteiger partial charge in [-0.2, -0.15) is 5.10 Å². The maximum atomic E-state index is 12.5. The number of benzene rings is 2. The summed E-state index contributed by atoms with van der Waals surface area (Å²) in [5.41, 5.74) is 3.13. The van der Waals surface area contributed by atoms with Crippen LogP contribution >= 0.6 is 11.3 Å². The van der Waals surface area contributed by atoms with Gasteiger partial charge in [-0.25, -0.2) is 13.8 Å². The molecule has 0 radical (unpaired) electrons. The van der Waals surface area contributed by atoms with Crippen LogP contribution in [-0.4, -0.2) is 32.8 Å². The van der Waals surface area contributed by atoms with Crippen molar-refractivity contribution in [1.29, 1.82) is 0 Å². The van der Waals surface area contributed by atoms with E-state index < -0.39 is 15.9 Å². The lowest BCUT2D eigenvalue weighted by molar-refractivity contribution is 0.0956. The average molecular weight is 431 g/mol. The molecule has 3 rings (SSSR count). The van der Waals surface area contributed by atoms with Gasteiger partial charge in [0.15, 0.2) is 11.5 Å². The maximum Gasteiger partial charge on any atom is 0.273 e. The number of sulfonamides is 1. The summed E-state index contributed by atoms with van der Waals surface area (Å²) in [5.74, 6) is -0.335. The number of hydrogen-bond donors (Lipinski definition) is 3. The first kappa shape index (κ1) is 20.4. The van der Waals surface area contributed by atoms with E-state index in [1.165, 1.54) is 37.6 Å². The van der Waals surface area contributed by atoms with Crippen molar-refractivity contribution < 1.29 is 23.1 Å². The number of amides is 1. The van der Waals surface area contributed by atoms with Crippen LogP contribution in [0, 0.1) is 0 Å². The SMILES string of the molecule is COc1ccc(C=NNC(=O)c2ccccc2NS(=O)(=O)c2cccs2)cc1O. The molecule has 150 valence electrons. The summed E-state index contributed by atoms with van der Waals surface area (Å²) in [7, 11) is -2.35. The number of carbonyl (C=O) groups is 1. The molecule has 8 nitrogen and oxygen atoms in total. The summed E-state index contributed by atoms with van der Waals surface area (Å²) < 4.78 is 32.4. The standard InChI is InChI=1S/C19H17N3O5S2/c1-27-17-9-8-13(11-16(17)23)12-20-21-19(24)14-5-2-3-6-15(14)22-29(25,26)18-7-4-10-28-18/h2-12,22-23H,1H3,(H,21,24). The Labute approximate surface area is 171 Å². The molecule has 0 fully saturated rings. The molecule has 10 heteroatoms. The summed E-state index contributed by atoms with van der Waals surface area (Å²) >= 11 is 1.07.